The maximum atomic E-state index is 13.6. The first-order valence-electron chi connectivity index (χ1n) is 11.1. The first-order chi connectivity index (χ1) is 15.6. The molecular formula is C22H37N5O7. The molecule has 1 aromatic rings. The van der Waals surface area contributed by atoms with Gasteiger partial charge in [-0.2, -0.15) is 0 Å². The first kappa shape index (κ1) is 28.9. The number of nitrogens with two attached hydrogens (primary N) is 1. The van der Waals surface area contributed by atoms with E-state index in [1.54, 1.807) is 41.5 Å². The lowest BCUT2D eigenvalue weighted by Gasteiger charge is -2.32. The Balaban J connectivity index is 3.34. The van der Waals surface area contributed by atoms with E-state index in [1.807, 2.05) is 0 Å². The van der Waals surface area contributed by atoms with Crippen LogP contribution in [0.2, 0.25) is 0 Å². The first-order valence-corrected chi connectivity index (χ1v) is 11.1. The maximum Gasteiger partial charge on any atom is 0.417 e. The molecule has 0 bridgehead atoms. The van der Waals surface area contributed by atoms with Crippen LogP contribution in [0.5, 0.6) is 0 Å². The average Bonchev–Trinajstić information content (AvgIpc) is 3.17. The van der Waals surface area contributed by atoms with Gasteiger partial charge in [-0.15, -0.1) is 0 Å². The minimum absolute atomic E-state index is 0.116. The number of nitrogens with one attached hydrogen (secondary N) is 2. The Bertz CT molecular complexity index is 828. The molecule has 2 atom stereocenters. The van der Waals surface area contributed by atoms with Crippen LogP contribution < -0.4 is 11.1 Å². The summed E-state index contributed by atoms with van der Waals surface area (Å²) < 4.78 is 10.6. The topological polar surface area (TPSA) is 177 Å². The largest absolute Gasteiger partial charge is 0.480 e. The van der Waals surface area contributed by atoms with Crippen LogP contribution in [-0.2, 0) is 25.5 Å². The normalized spacial score (nSPS) is 13.5. The van der Waals surface area contributed by atoms with Crippen LogP contribution in [0.4, 0.5) is 9.59 Å². The van der Waals surface area contributed by atoms with Crippen LogP contribution in [0, 0.1) is 0 Å². The Morgan fingerprint density at radius 2 is 1.74 bits per heavy atom. The number of aliphatic carboxylic acids is 1. The van der Waals surface area contributed by atoms with Crippen LogP contribution in [0.15, 0.2) is 12.5 Å². The lowest BCUT2D eigenvalue weighted by molar-refractivity contribution is -0.150. The number of alkyl carbamates (subject to hydrolysis) is 1. The van der Waals surface area contributed by atoms with Gasteiger partial charge in [0.25, 0.3) is 5.91 Å². The van der Waals surface area contributed by atoms with Crippen molar-refractivity contribution in [3.05, 3.63) is 18.2 Å². The molecule has 192 valence electrons. The molecule has 0 unspecified atom stereocenters. The van der Waals surface area contributed by atoms with Crippen molar-refractivity contribution in [2.75, 3.05) is 6.54 Å². The molecule has 0 aliphatic carbocycles. The summed E-state index contributed by atoms with van der Waals surface area (Å²) in [5.74, 6) is -2.35. The van der Waals surface area contributed by atoms with E-state index in [9.17, 15) is 24.3 Å². The fourth-order valence-corrected chi connectivity index (χ4v) is 2.94. The number of imide groups is 1. The van der Waals surface area contributed by atoms with Gasteiger partial charge in [0.15, 0.2) is 0 Å². The van der Waals surface area contributed by atoms with E-state index < -0.39 is 47.3 Å². The van der Waals surface area contributed by atoms with Crippen molar-refractivity contribution in [3.8, 4) is 0 Å². The SMILES string of the molecule is CC(C)(C)OC(=O)N[C@@H](CCCCN)C(=O)N(C(=O)OC(C)(C)C)[C@@H](Cc1cnc[nH]1)C(=O)O. The van der Waals surface area contributed by atoms with E-state index in [0.717, 1.165) is 0 Å². The molecule has 12 nitrogen and oxygen atoms in total. The van der Waals surface area contributed by atoms with E-state index in [1.165, 1.54) is 12.5 Å². The van der Waals surface area contributed by atoms with E-state index >= 15 is 0 Å². The number of unbranched alkanes of at least 4 members (excludes halogenated alkanes) is 1. The van der Waals surface area contributed by atoms with E-state index in [0.29, 0.717) is 30.0 Å². The van der Waals surface area contributed by atoms with Gasteiger partial charge >= 0.3 is 18.2 Å². The number of ether oxygens (including phenoxy) is 2. The summed E-state index contributed by atoms with van der Waals surface area (Å²) in [6.45, 7) is 10.1. The third kappa shape index (κ3) is 10.2. The van der Waals surface area contributed by atoms with Gasteiger partial charge in [-0.3, -0.25) is 4.79 Å². The number of rotatable bonds is 10. The molecule has 0 aliphatic rings. The molecule has 12 heteroatoms. The molecular weight excluding hydrogens is 446 g/mol. The van der Waals surface area contributed by atoms with Gasteiger partial charge in [0, 0.05) is 18.3 Å². The number of aromatic amines is 1. The molecule has 5 N–H and O–H groups in total. The van der Waals surface area contributed by atoms with Crippen LogP contribution in [0.1, 0.15) is 66.5 Å². The number of imidazole rings is 1. The molecule has 3 amide bonds. The second kappa shape index (κ2) is 12.4. The quantitative estimate of drug-likeness (QED) is 0.363. The number of carboxylic acid groups (broad SMARTS) is 1. The molecule has 1 aromatic heterocycles. The van der Waals surface area contributed by atoms with Gasteiger partial charge in [0.05, 0.1) is 6.33 Å². The van der Waals surface area contributed by atoms with Crippen molar-refractivity contribution < 1.29 is 33.8 Å². The van der Waals surface area contributed by atoms with E-state index in [4.69, 9.17) is 15.2 Å². The van der Waals surface area contributed by atoms with Crippen molar-refractivity contribution in [3.63, 3.8) is 0 Å². The fraction of sp³-hybridized carbons (Fsp3) is 0.682. The lowest BCUT2D eigenvalue weighted by atomic mass is 10.1. The predicted molar refractivity (Wildman–Crippen MR) is 123 cm³/mol. The number of H-pyrrole nitrogens is 1. The van der Waals surface area contributed by atoms with Crippen molar-refractivity contribution >= 4 is 24.1 Å². The summed E-state index contributed by atoms with van der Waals surface area (Å²) >= 11 is 0. The highest BCUT2D eigenvalue weighted by Gasteiger charge is 2.41. The van der Waals surface area contributed by atoms with Crippen molar-refractivity contribution in [2.24, 2.45) is 5.73 Å². The molecule has 0 radical (unpaired) electrons. The smallest absolute Gasteiger partial charge is 0.417 e. The zero-order valence-electron chi connectivity index (χ0n) is 20.7. The summed E-state index contributed by atoms with van der Waals surface area (Å²) in [6, 6.07) is -2.85. The summed E-state index contributed by atoms with van der Waals surface area (Å²) in [4.78, 5) is 58.4. The number of hydrogen-bond acceptors (Lipinski definition) is 8. The zero-order valence-corrected chi connectivity index (χ0v) is 20.7. The van der Waals surface area contributed by atoms with Gasteiger partial charge in [0.1, 0.15) is 23.3 Å². The second-order valence-corrected chi connectivity index (χ2v) is 9.81. The summed E-state index contributed by atoms with van der Waals surface area (Å²) in [5, 5.41) is 12.4. The summed E-state index contributed by atoms with van der Waals surface area (Å²) in [5.41, 5.74) is 4.12. The van der Waals surface area contributed by atoms with Crippen molar-refractivity contribution in [1.29, 1.82) is 0 Å². The number of amides is 3. The Morgan fingerprint density at radius 3 is 2.21 bits per heavy atom. The van der Waals surface area contributed by atoms with Gasteiger partial charge in [-0.05, 0) is 67.3 Å². The summed E-state index contributed by atoms with van der Waals surface area (Å²) in [7, 11) is 0. The Hall–Kier alpha value is -3.15. The Labute approximate surface area is 199 Å². The van der Waals surface area contributed by atoms with Crippen LogP contribution in [0.3, 0.4) is 0 Å². The fourth-order valence-electron chi connectivity index (χ4n) is 2.94. The van der Waals surface area contributed by atoms with Crippen LogP contribution >= 0.6 is 0 Å². The number of carboxylic acids is 1. The highest BCUT2D eigenvalue weighted by molar-refractivity contribution is 6.00. The van der Waals surface area contributed by atoms with Gasteiger partial charge < -0.3 is 30.6 Å². The maximum absolute atomic E-state index is 13.6. The van der Waals surface area contributed by atoms with Crippen LogP contribution in [0.25, 0.3) is 0 Å². The van der Waals surface area contributed by atoms with Gasteiger partial charge in [-0.25, -0.2) is 24.3 Å². The molecule has 1 heterocycles. The molecule has 0 aliphatic heterocycles. The predicted octanol–water partition coefficient (Wildman–Crippen LogP) is 2.19. The molecule has 0 fully saturated rings. The number of aromatic nitrogens is 2. The highest BCUT2D eigenvalue weighted by Crippen LogP contribution is 2.18. The molecule has 34 heavy (non-hydrogen) atoms. The minimum atomic E-state index is -1.61. The molecule has 0 aromatic carbocycles. The van der Waals surface area contributed by atoms with E-state index in [2.05, 4.69) is 15.3 Å². The monoisotopic (exact) mass is 483 g/mol. The number of hydrogen-bond donors (Lipinski definition) is 4. The van der Waals surface area contributed by atoms with Crippen molar-refractivity contribution in [1.82, 2.24) is 20.2 Å². The molecule has 0 saturated heterocycles. The van der Waals surface area contributed by atoms with Crippen molar-refractivity contribution in [2.45, 2.75) is 90.5 Å². The Kier molecular flexibility index (Phi) is 10.5. The number of nitrogens with zero attached hydrogens (tertiary/aromatic N) is 2. The number of carbonyl (C=O) groups excluding carboxylic acids is 3. The molecule has 1 rings (SSSR count). The number of carbonyl (C=O) groups is 4. The highest BCUT2D eigenvalue weighted by atomic mass is 16.6. The second-order valence-electron chi connectivity index (χ2n) is 9.81. The van der Waals surface area contributed by atoms with Gasteiger partial charge in [0.2, 0.25) is 0 Å². The average molecular weight is 484 g/mol. The third-order valence-corrected chi connectivity index (χ3v) is 4.33. The van der Waals surface area contributed by atoms with Gasteiger partial charge in [-0.1, -0.05) is 0 Å². The third-order valence-electron chi connectivity index (χ3n) is 4.33. The Morgan fingerprint density at radius 1 is 1.12 bits per heavy atom. The zero-order chi connectivity index (χ0) is 26.1. The summed E-state index contributed by atoms with van der Waals surface area (Å²) in [6.07, 6.45) is 1.63. The minimum Gasteiger partial charge on any atom is -0.480 e. The molecule has 0 spiro atoms. The van der Waals surface area contributed by atoms with Crippen LogP contribution in [-0.4, -0.2) is 73.9 Å². The molecule has 0 saturated carbocycles. The lowest BCUT2D eigenvalue weighted by Crippen LogP contribution is -2.58. The van der Waals surface area contributed by atoms with E-state index in [-0.39, 0.29) is 12.8 Å². The standard InChI is InChI=1S/C22H37N5O7/c1-21(2,3)33-19(31)26-15(9-7-8-10-23)17(28)27(20(32)34-22(4,5)6)16(18(29)30)11-14-12-24-13-25-14/h12-13,15-16H,7-11,23H2,1-6H3,(H,24,25)(H,26,31)(H,29,30)/t15-,16-/m0/s1.